The number of fused-ring (bicyclic) bond motifs is 1. The smallest absolute Gasteiger partial charge is 0.281 e. The number of hydrogen-bond donors (Lipinski definition) is 3. The largest absolute Gasteiger partial charge is 0.493 e. The van der Waals surface area contributed by atoms with Crippen molar-refractivity contribution in [1.82, 2.24) is 9.66 Å². The Bertz CT molecular complexity index is 1080. The van der Waals surface area contributed by atoms with E-state index in [1.165, 1.54) is 18.9 Å². The van der Waals surface area contributed by atoms with Crippen LogP contribution in [0.2, 0.25) is 0 Å². The summed E-state index contributed by atoms with van der Waals surface area (Å²) < 4.78 is 11.9. The molecule has 1 aromatic heterocycles. The fraction of sp³-hybridized carbons (Fsp3) is 0.118. The molecule has 2 aromatic carbocycles. The summed E-state index contributed by atoms with van der Waals surface area (Å²) in [5.74, 6) is 0.941. The van der Waals surface area contributed by atoms with Crippen LogP contribution in [0.5, 0.6) is 11.5 Å². The summed E-state index contributed by atoms with van der Waals surface area (Å²) in [6.07, 6.45) is 0. The summed E-state index contributed by atoms with van der Waals surface area (Å²) >= 11 is 10.5. The molecule has 26 heavy (non-hydrogen) atoms. The van der Waals surface area contributed by atoms with Gasteiger partial charge in [-0.3, -0.25) is 10.2 Å². The molecule has 0 radical (unpaired) electrons. The minimum Gasteiger partial charge on any atom is -0.493 e. The van der Waals surface area contributed by atoms with E-state index in [4.69, 9.17) is 33.9 Å². The fourth-order valence-electron chi connectivity index (χ4n) is 2.43. The number of hydrogen-bond acceptors (Lipinski definition) is 5. The summed E-state index contributed by atoms with van der Waals surface area (Å²) in [4.78, 5) is 15.8. The number of methoxy groups -OCH3 is 2. The Balaban J connectivity index is 1.99. The Morgan fingerprint density at radius 2 is 1.77 bits per heavy atom. The van der Waals surface area contributed by atoms with Gasteiger partial charge in [0.25, 0.3) is 5.56 Å². The van der Waals surface area contributed by atoms with Gasteiger partial charge in [0.2, 0.25) is 0 Å². The Labute approximate surface area is 159 Å². The van der Waals surface area contributed by atoms with Crippen LogP contribution in [0, 0.1) is 4.77 Å². The molecule has 0 amide bonds. The van der Waals surface area contributed by atoms with E-state index in [2.05, 4.69) is 15.7 Å². The van der Waals surface area contributed by atoms with Gasteiger partial charge < -0.3 is 19.8 Å². The monoisotopic (exact) mass is 388 g/mol. The van der Waals surface area contributed by atoms with Crippen molar-refractivity contribution in [2.75, 3.05) is 25.0 Å². The molecular formula is C17H16N4O3S2. The molecule has 0 atom stereocenters. The van der Waals surface area contributed by atoms with Crippen molar-refractivity contribution in [3.8, 4) is 11.5 Å². The van der Waals surface area contributed by atoms with Crippen molar-refractivity contribution in [1.29, 1.82) is 0 Å². The predicted molar refractivity (Wildman–Crippen MR) is 109 cm³/mol. The molecule has 0 spiro atoms. The van der Waals surface area contributed by atoms with Crippen LogP contribution in [0.1, 0.15) is 0 Å². The Morgan fingerprint density at radius 1 is 1.12 bits per heavy atom. The molecule has 0 unspecified atom stereocenters. The number of rotatable bonds is 4. The van der Waals surface area contributed by atoms with Crippen molar-refractivity contribution < 1.29 is 9.47 Å². The van der Waals surface area contributed by atoms with Gasteiger partial charge in [0.1, 0.15) is 0 Å². The number of aromatic nitrogens is 2. The number of nitrogens with one attached hydrogen (secondary N) is 3. The molecule has 0 saturated carbocycles. The molecular weight excluding hydrogens is 372 g/mol. The molecule has 0 aliphatic rings. The predicted octanol–water partition coefficient (Wildman–Crippen LogP) is 3.02. The number of benzene rings is 2. The van der Waals surface area contributed by atoms with E-state index < -0.39 is 0 Å². The van der Waals surface area contributed by atoms with Gasteiger partial charge >= 0.3 is 0 Å². The molecule has 9 heteroatoms. The summed E-state index contributed by atoms with van der Waals surface area (Å²) in [7, 11) is 3.03. The van der Waals surface area contributed by atoms with Crippen LogP contribution in [-0.4, -0.2) is 29.0 Å². The van der Waals surface area contributed by atoms with Crippen LogP contribution < -0.4 is 25.8 Å². The lowest BCUT2D eigenvalue weighted by Gasteiger charge is -2.14. The molecule has 3 aromatic rings. The van der Waals surface area contributed by atoms with Gasteiger partial charge in [-0.05, 0) is 42.6 Å². The van der Waals surface area contributed by atoms with Crippen molar-refractivity contribution in [2.45, 2.75) is 0 Å². The maximum atomic E-state index is 12.8. The van der Waals surface area contributed by atoms with Crippen molar-refractivity contribution in [2.24, 2.45) is 0 Å². The van der Waals surface area contributed by atoms with Crippen molar-refractivity contribution >= 4 is 46.1 Å². The van der Waals surface area contributed by atoms with Gasteiger partial charge in [0, 0.05) is 11.8 Å². The number of thiocarbonyl (C=S) groups is 1. The third-order valence-electron chi connectivity index (χ3n) is 3.65. The van der Waals surface area contributed by atoms with E-state index >= 15 is 0 Å². The summed E-state index contributed by atoms with van der Waals surface area (Å²) in [6.45, 7) is 0. The maximum Gasteiger partial charge on any atom is 0.281 e. The molecule has 0 bridgehead atoms. The highest BCUT2D eigenvalue weighted by atomic mass is 32.1. The normalized spacial score (nSPS) is 10.4. The van der Waals surface area contributed by atoms with Crippen LogP contribution in [0.15, 0.2) is 47.3 Å². The molecule has 134 valence electrons. The fourth-order valence-corrected chi connectivity index (χ4v) is 2.87. The highest BCUT2D eigenvalue weighted by molar-refractivity contribution is 7.80. The highest BCUT2D eigenvalue weighted by Gasteiger charge is 2.12. The minimum absolute atomic E-state index is 0.173. The molecule has 0 fully saturated rings. The topological polar surface area (TPSA) is 80.3 Å². The minimum atomic E-state index is -0.359. The standard InChI is InChI=1S/C17H16N4O3S2/c1-23-13-8-11-12(9-14(13)24-2)19-17(26)21(15(11)22)20-16(25)18-10-6-4-3-5-7-10/h3-9H,1-2H3,(H,19,26)(H2,18,20,25). The number of aromatic amines is 1. The number of H-pyrrole nitrogens is 1. The second-order valence-electron chi connectivity index (χ2n) is 5.26. The zero-order valence-electron chi connectivity index (χ0n) is 14.0. The maximum absolute atomic E-state index is 12.8. The second kappa shape index (κ2) is 7.54. The molecule has 1 heterocycles. The van der Waals surface area contributed by atoms with Crippen LogP contribution >= 0.6 is 24.4 Å². The summed E-state index contributed by atoms with van der Waals surface area (Å²) in [5, 5.41) is 3.60. The number of para-hydroxylation sites is 1. The lowest BCUT2D eigenvalue weighted by Crippen LogP contribution is -2.36. The average molecular weight is 388 g/mol. The zero-order valence-corrected chi connectivity index (χ0v) is 15.7. The first kappa shape index (κ1) is 17.9. The van der Waals surface area contributed by atoms with Gasteiger partial charge in [0.05, 0.1) is 25.1 Å². The average Bonchev–Trinajstić information content (AvgIpc) is 2.65. The SMILES string of the molecule is COc1cc2[nH]c(=S)n(NC(=S)Nc3ccccc3)c(=O)c2cc1OC. The van der Waals surface area contributed by atoms with Crippen molar-refractivity contribution in [3.63, 3.8) is 0 Å². The number of anilines is 1. The van der Waals surface area contributed by atoms with E-state index in [1.807, 2.05) is 30.3 Å². The van der Waals surface area contributed by atoms with Crippen LogP contribution in [0.25, 0.3) is 10.9 Å². The Hall–Kier alpha value is -2.91. The Morgan fingerprint density at radius 3 is 2.42 bits per heavy atom. The number of nitrogens with zero attached hydrogens (tertiary/aromatic N) is 1. The van der Waals surface area contributed by atoms with Gasteiger partial charge in [0.15, 0.2) is 21.4 Å². The van der Waals surface area contributed by atoms with E-state index in [0.717, 1.165) is 5.69 Å². The first-order valence-electron chi connectivity index (χ1n) is 7.57. The molecule has 3 rings (SSSR count). The van der Waals surface area contributed by atoms with E-state index in [-0.39, 0.29) is 15.4 Å². The molecule has 0 saturated heterocycles. The molecule has 0 aliphatic carbocycles. The van der Waals surface area contributed by atoms with Gasteiger partial charge in [-0.15, -0.1) is 0 Å². The molecule has 0 aliphatic heterocycles. The molecule has 3 N–H and O–H groups in total. The summed E-state index contributed by atoms with van der Waals surface area (Å²) in [5.41, 5.74) is 3.77. The first-order valence-corrected chi connectivity index (χ1v) is 8.39. The lowest BCUT2D eigenvalue weighted by molar-refractivity contribution is 0.355. The van der Waals surface area contributed by atoms with E-state index in [9.17, 15) is 4.79 Å². The Kier molecular flexibility index (Phi) is 5.19. The second-order valence-corrected chi connectivity index (χ2v) is 6.05. The summed E-state index contributed by atoms with van der Waals surface area (Å²) in [6, 6.07) is 12.6. The van der Waals surface area contributed by atoms with Crippen LogP contribution in [0.3, 0.4) is 0 Å². The highest BCUT2D eigenvalue weighted by Crippen LogP contribution is 2.29. The third-order valence-corrected chi connectivity index (χ3v) is 4.12. The van der Waals surface area contributed by atoms with E-state index in [1.54, 1.807) is 12.1 Å². The first-order chi connectivity index (χ1) is 12.5. The van der Waals surface area contributed by atoms with Crippen LogP contribution in [0.4, 0.5) is 5.69 Å². The van der Waals surface area contributed by atoms with Crippen molar-refractivity contribution in [3.05, 3.63) is 57.6 Å². The van der Waals surface area contributed by atoms with Gasteiger partial charge in [-0.2, -0.15) is 4.68 Å². The zero-order chi connectivity index (χ0) is 18.7. The van der Waals surface area contributed by atoms with Gasteiger partial charge in [-0.1, -0.05) is 18.2 Å². The number of ether oxygens (including phenoxy) is 2. The third kappa shape index (κ3) is 3.53. The molecule has 7 nitrogen and oxygen atoms in total. The van der Waals surface area contributed by atoms with Crippen LogP contribution in [-0.2, 0) is 0 Å². The quantitative estimate of drug-likeness (QED) is 0.593. The lowest BCUT2D eigenvalue weighted by atomic mass is 10.2. The van der Waals surface area contributed by atoms with Gasteiger partial charge in [-0.25, -0.2) is 0 Å². The van der Waals surface area contributed by atoms with E-state index in [0.29, 0.717) is 22.4 Å².